The highest BCUT2D eigenvalue weighted by molar-refractivity contribution is 5.89. The second-order valence-corrected chi connectivity index (χ2v) is 12.5. The number of hydrogen-bond acceptors (Lipinski definition) is 6. The van der Waals surface area contributed by atoms with Gasteiger partial charge >= 0.3 is 6.09 Å². The Balaban J connectivity index is 1.74. The van der Waals surface area contributed by atoms with E-state index in [1.54, 1.807) is 0 Å². The molecular weight excluding hydrogens is 532 g/mol. The lowest BCUT2D eigenvalue weighted by atomic mass is 9.87. The summed E-state index contributed by atoms with van der Waals surface area (Å²) < 4.78 is 5.35. The molecule has 9 nitrogen and oxygen atoms in total. The molecule has 2 aromatic rings. The number of hydrogen-bond donors (Lipinski definition) is 3. The van der Waals surface area contributed by atoms with Gasteiger partial charge in [-0.3, -0.25) is 14.5 Å². The smallest absolute Gasteiger partial charge is 0.408 e. The number of carbonyl (C=O) groups is 4. The highest BCUT2D eigenvalue weighted by Crippen LogP contribution is 2.23. The van der Waals surface area contributed by atoms with Gasteiger partial charge in [-0.25, -0.2) is 4.79 Å². The van der Waals surface area contributed by atoms with Crippen molar-refractivity contribution < 1.29 is 23.9 Å². The maximum atomic E-state index is 13.7. The predicted molar refractivity (Wildman–Crippen MR) is 163 cm³/mol. The number of alkyl carbamates (subject to hydrolysis) is 1. The van der Waals surface area contributed by atoms with E-state index < -0.39 is 23.6 Å². The van der Waals surface area contributed by atoms with Crippen molar-refractivity contribution in [1.29, 1.82) is 0 Å². The molecule has 0 aliphatic carbocycles. The Kier molecular flexibility index (Phi) is 11.7. The third kappa shape index (κ3) is 9.98. The van der Waals surface area contributed by atoms with E-state index in [-0.39, 0.29) is 36.4 Å². The van der Waals surface area contributed by atoms with Gasteiger partial charge in [-0.2, -0.15) is 0 Å². The Bertz CT molecular complexity index is 1180. The summed E-state index contributed by atoms with van der Waals surface area (Å²) in [5, 5.41) is 8.75. The number of nitrogens with zero attached hydrogens (tertiary/aromatic N) is 1. The normalized spacial score (nSPS) is 17.6. The average molecular weight is 579 g/mol. The topological polar surface area (TPSA) is 117 Å². The van der Waals surface area contributed by atoms with Crippen molar-refractivity contribution in [2.24, 2.45) is 5.92 Å². The zero-order valence-corrected chi connectivity index (χ0v) is 25.5. The van der Waals surface area contributed by atoms with Gasteiger partial charge in [0.15, 0.2) is 0 Å². The standard InChI is InChI=1S/C33H46N4O5/c1-24(2)28(34-31(41)42-22-26-15-10-7-11-16-26)30(40)36-33(23-38,21-25-13-8-6-9-14-25)18-20-37-19-12-17-27(37)29(39)35-32(3,4)5/h6-11,13-16,23-24,27-28H,12,17-22H2,1-5H3,(H,34,41)(H,35,39)(H,36,40)/t27-,28?,33-/m0/s1. The van der Waals surface area contributed by atoms with Crippen LogP contribution < -0.4 is 16.0 Å². The highest BCUT2D eigenvalue weighted by atomic mass is 16.5. The summed E-state index contributed by atoms with van der Waals surface area (Å²) in [6.07, 6.45) is 2.29. The SMILES string of the molecule is CC(C)C(NC(=O)OCc1ccccc1)C(=O)N[C@@](C=O)(CCN1CCC[C@H]1C(=O)NC(C)(C)C)Cc1ccccc1. The summed E-state index contributed by atoms with van der Waals surface area (Å²) in [6, 6.07) is 17.6. The first kappa shape index (κ1) is 32.8. The molecule has 0 aromatic heterocycles. The predicted octanol–water partition coefficient (Wildman–Crippen LogP) is 4.00. The summed E-state index contributed by atoms with van der Waals surface area (Å²) in [7, 11) is 0. The third-order valence-corrected chi connectivity index (χ3v) is 7.41. The van der Waals surface area contributed by atoms with Crippen LogP contribution in [-0.2, 0) is 32.1 Å². The lowest BCUT2D eigenvalue weighted by molar-refractivity contribution is -0.130. The Morgan fingerprint density at radius 2 is 1.60 bits per heavy atom. The zero-order valence-electron chi connectivity index (χ0n) is 25.5. The van der Waals surface area contributed by atoms with Crippen LogP contribution in [0.5, 0.6) is 0 Å². The number of likely N-dealkylation sites (tertiary alicyclic amines) is 1. The molecule has 1 fully saturated rings. The molecule has 1 heterocycles. The van der Waals surface area contributed by atoms with Crippen LogP contribution in [-0.4, -0.2) is 65.3 Å². The van der Waals surface area contributed by atoms with Gasteiger partial charge in [0.2, 0.25) is 11.8 Å². The van der Waals surface area contributed by atoms with E-state index in [0.29, 0.717) is 13.0 Å². The summed E-state index contributed by atoms with van der Waals surface area (Å²) in [4.78, 5) is 54.2. The van der Waals surface area contributed by atoms with Gasteiger partial charge < -0.3 is 25.5 Å². The van der Waals surface area contributed by atoms with Crippen LogP contribution in [0, 0.1) is 5.92 Å². The molecule has 228 valence electrons. The van der Waals surface area contributed by atoms with Crippen LogP contribution in [0.3, 0.4) is 0 Å². The van der Waals surface area contributed by atoms with Crippen molar-refractivity contribution in [3.63, 3.8) is 0 Å². The molecule has 3 atom stereocenters. The van der Waals surface area contributed by atoms with E-state index >= 15 is 0 Å². The number of ether oxygens (including phenoxy) is 1. The summed E-state index contributed by atoms with van der Waals surface area (Å²) in [6.45, 7) is 10.8. The van der Waals surface area contributed by atoms with Crippen LogP contribution in [0.2, 0.25) is 0 Å². The van der Waals surface area contributed by atoms with Crippen molar-refractivity contribution in [1.82, 2.24) is 20.9 Å². The summed E-state index contributed by atoms with van der Waals surface area (Å²) in [5.41, 5.74) is 0.136. The monoisotopic (exact) mass is 578 g/mol. The first-order valence-electron chi connectivity index (χ1n) is 14.8. The molecule has 3 amide bonds. The maximum absolute atomic E-state index is 13.7. The Morgan fingerprint density at radius 1 is 0.976 bits per heavy atom. The van der Waals surface area contributed by atoms with E-state index in [4.69, 9.17) is 4.74 Å². The minimum Gasteiger partial charge on any atom is -0.445 e. The molecule has 1 saturated heterocycles. The van der Waals surface area contributed by atoms with E-state index in [2.05, 4.69) is 20.9 Å². The molecule has 3 rings (SSSR count). The molecule has 9 heteroatoms. The average Bonchev–Trinajstić information content (AvgIpc) is 3.42. The van der Waals surface area contributed by atoms with Crippen LogP contribution in [0.4, 0.5) is 4.79 Å². The summed E-state index contributed by atoms with van der Waals surface area (Å²) in [5.74, 6) is -0.755. The molecule has 3 N–H and O–H groups in total. The number of aldehydes is 1. The number of carbonyl (C=O) groups excluding carboxylic acids is 4. The maximum Gasteiger partial charge on any atom is 0.408 e. The fraction of sp³-hybridized carbons (Fsp3) is 0.515. The molecule has 0 bridgehead atoms. The van der Waals surface area contributed by atoms with Gasteiger partial charge in [-0.1, -0.05) is 74.5 Å². The number of amides is 3. The van der Waals surface area contributed by atoms with E-state index in [1.165, 1.54) is 0 Å². The van der Waals surface area contributed by atoms with E-state index in [9.17, 15) is 19.2 Å². The largest absolute Gasteiger partial charge is 0.445 e. The van der Waals surface area contributed by atoms with E-state index in [1.807, 2.05) is 95.3 Å². The Morgan fingerprint density at radius 3 is 2.17 bits per heavy atom. The van der Waals surface area contributed by atoms with Gasteiger partial charge in [-0.05, 0) is 63.6 Å². The quantitative estimate of drug-likeness (QED) is 0.310. The van der Waals surface area contributed by atoms with Crippen molar-refractivity contribution in [3.05, 3.63) is 71.8 Å². The molecule has 1 aliphatic rings. The van der Waals surface area contributed by atoms with E-state index in [0.717, 1.165) is 36.8 Å². The fourth-order valence-corrected chi connectivity index (χ4v) is 5.22. The lowest BCUT2D eigenvalue weighted by Gasteiger charge is -2.35. The number of rotatable bonds is 13. The second-order valence-electron chi connectivity index (χ2n) is 12.5. The van der Waals surface area contributed by atoms with Gasteiger partial charge in [0.25, 0.3) is 0 Å². The molecule has 1 unspecified atom stereocenters. The third-order valence-electron chi connectivity index (χ3n) is 7.41. The molecule has 0 saturated carbocycles. The second kappa shape index (κ2) is 15.0. The Hall–Kier alpha value is -3.72. The van der Waals surface area contributed by atoms with Crippen LogP contribution in [0.1, 0.15) is 65.0 Å². The van der Waals surface area contributed by atoms with Gasteiger partial charge in [-0.15, -0.1) is 0 Å². The van der Waals surface area contributed by atoms with Crippen LogP contribution >= 0.6 is 0 Å². The molecule has 42 heavy (non-hydrogen) atoms. The van der Waals surface area contributed by atoms with Gasteiger partial charge in [0, 0.05) is 18.5 Å². The van der Waals surface area contributed by atoms with Crippen molar-refractivity contribution in [2.45, 2.75) is 90.1 Å². The van der Waals surface area contributed by atoms with Crippen LogP contribution in [0.25, 0.3) is 0 Å². The van der Waals surface area contributed by atoms with Crippen LogP contribution in [0.15, 0.2) is 60.7 Å². The van der Waals surface area contributed by atoms with Crippen molar-refractivity contribution >= 4 is 24.2 Å². The molecular formula is C33H46N4O5. The zero-order chi connectivity index (χ0) is 30.8. The molecule has 2 aromatic carbocycles. The molecule has 0 radical (unpaired) electrons. The summed E-state index contributed by atoms with van der Waals surface area (Å²) >= 11 is 0. The van der Waals surface area contributed by atoms with Gasteiger partial charge in [0.05, 0.1) is 6.04 Å². The highest BCUT2D eigenvalue weighted by Gasteiger charge is 2.39. The Labute approximate surface area is 249 Å². The molecule has 1 aliphatic heterocycles. The first-order chi connectivity index (χ1) is 19.9. The first-order valence-corrected chi connectivity index (χ1v) is 14.8. The van der Waals surface area contributed by atoms with Crippen molar-refractivity contribution in [3.8, 4) is 0 Å². The number of benzene rings is 2. The lowest BCUT2D eigenvalue weighted by Crippen LogP contribution is -2.60. The minimum atomic E-state index is -1.24. The molecule has 0 spiro atoms. The van der Waals surface area contributed by atoms with Crippen molar-refractivity contribution in [2.75, 3.05) is 13.1 Å². The minimum absolute atomic E-state index is 0.0260. The number of nitrogens with one attached hydrogen (secondary N) is 3. The van der Waals surface area contributed by atoms with Gasteiger partial charge in [0.1, 0.15) is 24.5 Å². The fourth-order valence-electron chi connectivity index (χ4n) is 5.22.